The maximum absolute atomic E-state index is 4.63. The Labute approximate surface area is 105 Å². The summed E-state index contributed by atoms with van der Waals surface area (Å²) in [4.78, 5) is 4.63. The van der Waals surface area contributed by atoms with Crippen LogP contribution in [0.2, 0.25) is 0 Å². The van der Waals surface area contributed by atoms with Crippen LogP contribution in [0.25, 0.3) is 10.2 Å². The normalized spacial score (nSPS) is 12.6. The van der Waals surface area contributed by atoms with E-state index < -0.39 is 0 Å². The Hall–Kier alpha value is -0.190. The maximum Gasteiger partial charge on any atom is 0.101 e. The highest BCUT2D eigenvalue weighted by Gasteiger charge is 2.29. The molecule has 0 aliphatic rings. The van der Waals surface area contributed by atoms with Crippen LogP contribution in [0.5, 0.6) is 0 Å². The van der Waals surface area contributed by atoms with Gasteiger partial charge < -0.3 is 0 Å². The van der Waals surface area contributed by atoms with Gasteiger partial charge in [0, 0.05) is 5.41 Å². The summed E-state index contributed by atoms with van der Waals surface area (Å²) in [6, 6.07) is 8.18. The van der Waals surface area contributed by atoms with Gasteiger partial charge in [-0.2, -0.15) is 25.3 Å². The fourth-order valence-electron chi connectivity index (χ4n) is 1.26. The summed E-state index contributed by atoms with van der Waals surface area (Å²) in [5.74, 6) is 0. The van der Waals surface area contributed by atoms with Crippen molar-refractivity contribution in [3.05, 3.63) is 29.3 Å². The molecule has 1 aromatic heterocycles. The van der Waals surface area contributed by atoms with Gasteiger partial charge in [0.15, 0.2) is 0 Å². The van der Waals surface area contributed by atoms with E-state index in [0.29, 0.717) is 0 Å². The number of hydrogen-bond donors (Lipinski definition) is 2. The Balaban J connectivity index is 2.53. The monoisotopic (exact) mass is 255 g/mol. The van der Waals surface area contributed by atoms with Crippen molar-refractivity contribution in [2.24, 2.45) is 0 Å². The quantitative estimate of drug-likeness (QED) is 0.615. The number of aromatic nitrogens is 1. The second-order valence-electron chi connectivity index (χ2n) is 4.08. The van der Waals surface area contributed by atoms with E-state index in [4.69, 9.17) is 0 Å². The largest absolute Gasteiger partial charge is 0.241 e. The summed E-state index contributed by atoms with van der Waals surface area (Å²) >= 11 is 10.5. The smallest absolute Gasteiger partial charge is 0.101 e. The summed E-state index contributed by atoms with van der Waals surface area (Å²) in [6.45, 7) is 4.24. The van der Waals surface area contributed by atoms with Gasteiger partial charge in [0.1, 0.15) is 5.01 Å². The number of benzene rings is 1. The van der Waals surface area contributed by atoms with Gasteiger partial charge in [0.25, 0.3) is 0 Å². The molecule has 0 bridgehead atoms. The third kappa shape index (κ3) is 2.03. The van der Waals surface area contributed by atoms with E-state index in [1.54, 1.807) is 11.3 Å². The van der Waals surface area contributed by atoms with Crippen molar-refractivity contribution in [1.82, 2.24) is 4.98 Å². The minimum Gasteiger partial charge on any atom is -0.241 e. The third-order valence-corrected chi connectivity index (χ3v) is 5.16. The van der Waals surface area contributed by atoms with E-state index in [9.17, 15) is 0 Å². The van der Waals surface area contributed by atoms with Crippen LogP contribution in [0.1, 0.15) is 18.9 Å². The van der Waals surface area contributed by atoms with Crippen LogP contribution >= 0.6 is 36.6 Å². The van der Waals surface area contributed by atoms with Crippen molar-refractivity contribution >= 4 is 46.8 Å². The first-order valence-electron chi connectivity index (χ1n) is 4.74. The summed E-state index contributed by atoms with van der Waals surface area (Å²) < 4.78 is 1.22. The highest BCUT2D eigenvalue weighted by molar-refractivity contribution is 7.99. The van der Waals surface area contributed by atoms with E-state index in [2.05, 4.69) is 50.2 Å². The molecule has 0 aliphatic carbocycles. The first kappa shape index (κ1) is 11.3. The average molecular weight is 255 g/mol. The first-order chi connectivity index (χ1) is 7.01. The van der Waals surface area contributed by atoms with Crippen molar-refractivity contribution in [2.75, 3.05) is 0 Å². The molecule has 0 spiro atoms. The zero-order valence-electron chi connectivity index (χ0n) is 8.64. The molecule has 0 fully saturated rings. The van der Waals surface area contributed by atoms with Gasteiger partial charge in [-0.15, -0.1) is 11.3 Å². The molecule has 0 saturated carbocycles. The lowest BCUT2D eigenvalue weighted by Gasteiger charge is -2.24. The molecule has 0 atom stereocenters. The van der Waals surface area contributed by atoms with E-state index in [1.807, 2.05) is 18.2 Å². The molecule has 1 nitrogen and oxygen atoms in total. The average Bonchev–Trinajstić information content (AvgIpc) is 2.61. The maximum atomic E-state index is 4.63. The van der Waals surface area contributed by atoms with Crippen LogP contribution in [-0.4, -0.2) is 9.57 Å². The molecule has 1 heterocycles. The molecule has 15 heavy (non-hydrogen) atoms. The summed E-state index contributed by atoms with van der Waals surface area (Å²) in [5, 5.41) is 1.10. The van der Waals surface area contributed by atoms with E-state index in [-0.39, 0.29) is 10.00 Å². The molecule has 2 rings (SSSR count). The number of thiazole rings is 1. The van der Waals surface area contributed by atoms with Crippen molar-refractivity contribution < 1.29 is 0 Å². The SMILES string of the molecule is CC(C)(c1nc2ccccc2s1)C(S)S. The molecule has 1 aromatic carbocycles. The first-order valence-corrected chi connectivity index (χ1v) is 6.59. The molecule has 0 saturated heterocycles. The van der Waals surface area contributed by atoms with Crippen LogP contribution in [-0.2, 0) is 5.41 Å². The second-order valence-corrected chi connectivity index (χ2v) is 6.55. The Bertz CT molecular complexity index is 440. The zero-order valence-corrected chi connectivity index (χ0v) is 11.2. The van der Waals surface area contributed by atoms with Crippen LogP contribution in [0.4, 0.5) is 0 Å². The Morgan fingerprint density at radius 3 is 2.53 bits per heavy atom. The van der Waals surface area contributed by atoms with E-state index in [1.165, 1.54) is 4.70 Å². The zero-order chi connectivity index (χ0) is 11.1. The molecule has 0 amide bonds. The van der Waals surface area contributed by atoms with Crippen LogP contribution in [0.15, 0.2) is 24.3 Å². The predicted molar refractivity (Wildman–Crippen MR) is 74.4 cm³/mol. The standard InChI is InChI=1S/C11H13NS3/c1-11(2,10(13)14)9-12-7-5-3-4-6-8(7)15-9/h3-6,10,13-14H,1-2H3. The summed E-state index contributed by atoms with van der Waals surface area (Å²) in [6.07, 6.45) is 0. The van der Waals surface area contributed by atoms with Crippen molar-refractivity contribution in [1.29, 1.82) is 0 Å². The van der Waals surface area contributed by atoms with Crippen molar-refractivity contribution in [3.63, 3.8) is 0 Å². The molecular formula is C11H13NS3. The van der Waals surface area contributed by atoms with Crippen molar-refractivity contribution in [3.8, 4) is 0 Å². The van der Waals surface area contributed by atoms with Gasteiger partial charge >= 0.3 is 0 Å². The molecule has 4 heteroatoms. The molecule has 0 radical (unpaired) electrons. The van der Waals surface area contributed by atoms with Crippen LogP contribution in [0, 0.1) is 0 Å². The number of thiol groups is 2. The fourth-order valence-corrected chi connectivity index (χ4v) is 2.78. The molecule has 80 valence electrons. The lowest BCUT2D eigenvalue weighted by Crippen LogP contribution is -2.25. The van der Waals surface area contributed by atoms with Crippen LogP contribution < -0.4 is 0 Å². The lowest BCUT2D eigenvalue weighted by atomic mass is 9.97. The van der Waals surface area contributed by atoms with Gasteiger partial charge in [-0.1, -0.05) is 26.0 Å². The Kier molecular flexibility index (Phi) is 3.01. The molecule has 0 N–H and O–H groups in total. The molecule has 0 aliphatic heterocycles. The fraction of sp³-hybridized carbons (Fsp3) is 0.364. The number of nitrogens with zero attached hydrogens (tertiary/aromatic N) is 1. The topological polar surface area (TPSA) is 12.9 Å². The minimum absolute atomic E-state index is 0.00179. The lowest BCUT2D eigenvalue weighted by molar-refractivity contribution is 0.579. The molecule has 2 aromatic rings. The number of hydrogen-bond acceptors (Lipinski definition) is 4. The van der Waals surface area contributed by atoms with Gasteiger partial charge in [-0.3, -0.25) is 0 Å². The highest BCUT2D eigenvalue weighted by Crippen LogP contribution is 2.37. The minimum atomic E-state index is -0.101. The predicted octanol–water partition coefficient (Wildman–Crippen LogP) is 3.76. The van der Waals surface area contributed by atoms with Crippen molar-refractivity contribution in [2.45, 2.75) is 23.8 Å². The Morgan fingerprint density at radius 1 is 1.27 bits per heavy atom. The summed E-state index contributed by atoms with van der Waals surface area (Å²) in [5.41, 5.74) is 0.962. The van der Waals surface area contributed by atoms with Crippen LogP contribution in [0.3, 0.4) is 0 Å². The molecule has 0 unspecified atom stereocenters. The second kappa shape index (κ2) is 4.00. The van der Waals surface area contributed by atoms with Gasteiger partial charge in [0.2, 0.25) is 0 Å². The highest BCUT2D eigenvalue weighted by atomic mass is 32.2. The molecular weight excluding hydrogens is 242 g/mol. The summed E-state index contributed by atoms with van der Waals surface area (Å²) in [7, 11) is 0. The van der Waals surface area contributed by atoms with E-state index >= 15 is 0 Å². The van der Waals surface area contributed by atoms with Gasteiger partial charge in [-0.05, 0) is 12.1 Å². The van der Waals surface area contributed by atoms with Gasteiger partial charge in [-0.25, -0.2) is 4.98 Å². The number of fused-ring (bicyclic) bond motifs is 1. The third-order valence-electron chi connectivity index (χ3n) is 2.49. The van der Waals surface area contributed by atoms with E-state index in [0.717, 1.165) is 10.5 Å². The van der Waals surface area contributed by atoms with Gasteiger partial charge in [0.05, 0.1) is 14.8 Å². The number of para-hydroxylation sites is 1. The number of rotatable bonds is 2. The Morgan fingerprint density at radius 2 is 1.93 bits per heavy atom.